The molecule has 0 atom stereocenters. The maximum Gasteiger partial charge on any atom is 0.265 e. The number of anilines is 1. The molecule has 21 heavy (non-hydrogen) atoms. The second kappa shape index (κ2) is 5.57. The van der Waals surface area contributed by atoms with E-state index in [1.54, 1.807) is 45.3 Å². The Morgan fingerprint density at radius 2 is 1.86 bits per heavy atom. The smallest absolute Gasteiger partial charge is 0.265 e. The third-order valence-corrected chi connectivity index (χ3v) is 4.36. The number of aryl methyl sites for hydroxylation is 1. The average Bonchev–Trinajstić information content (AvgIpc) is 2.85. The first-order valence-corrected chi connectivity index (χ1v) is 7.64. The number of carbonyl (C=O) groups is 1. The van der Waals surface area contributed by atoms with Crippen molar-refractivity contribution in [2.75, 3.05) is 18.8 Å². The standard InChI is InChI=1S/C13H16N4O3S/c1-9-12(8-14-15-9)21(19,20)16-11-6-4-10(5-7-11)13(18)17(2)3/h4-8,16H,1-3H3,(H,14,15). The van der Waals surface area contributed by atoms with E-state index in [2.05, 4.69) is 14.9 Å². The molecule has 0 spiro atoms. The molecule has 2 aromatic rings. The number of hydrogen-bond donors (Lipinski definition) is 2. The lowest BCUT2D eigenvalue weighted by molar-refractivity contribution is 0.0827. The Morgan fingerprint density at radius 3 is 2.33 bits per heavy atom. The predicted octanol–water partition coefficient (Wildman–Crippen LogP) is 1.22. The zero-order valence-electron chi connectivity index (χ0n) is 11.9. The summed E-state index contributed by atoms with van der Waals surface area (Å²) in [5.41, 5.74) is 1.33. The molecular formula is C13H16N4O3S. The Kier molecular flexibility index (Phi) is 3.99. The maximum absolute atomic E-state index is 12.2. The Labute approximate surface area is 123 Å². The number of hydrogen-bond acceptors (Lipinski definition) is 4. The van der Waals surface area contributed by atoms with Crippen molar-refractivity contribution in [1.29, 1.82) is 0 Å². The van der Waals surface area contributed by atoms with Crippen LogP contribution in [0, 0.1) is 6.92 Å². The summed E-state index contributed by atoms with van der Waals surface area (Å²) >= 11 is 0. The molecule has 112 valence electrons. The van der Waals surface area contributed by atoms with Gasteiger partial charge in [0.15, 0.2) is 0 Å². The minimum atomic E-state index is -3.69. The number of amides is 1. The normalized spacial score (nSPS) is 11.2. The monoisotopic (exact) mass is 308 g/mol. The second-order valence-corrected chi connectivity index (χ2v) is 6.39. The van der Waals surface area contributed by atoms with Crippen LogP contribution in [0.5, 0.6) is 0 Å². The van der Waals surface area contributed by atoms with E-state index in [0.29, 0.717) is 16.9 Å². The van der Waals surface area contributed by atoms with Gasteiger partial charge in [0.05, 0.1) is 11.9 Å². The molecule has 2 N–H and O–H groups in total. The molecule has 1 heterocycles. The number of carbonyl (C=O) groups excluding carboxylic acids is 1. The fourth-order valence-electron chi connectivity index (χ4n) is 1.76. The number of sulfonamides is 1. The number of benzene rings is 1. The van der Waals surface area contributed by atoms with Crippen LogP contribution in [0.3, 0.4) is 0 Å². The van der Waals surface area contributed by atoms with Gasteiger partial charge < -0.3 is 4.90 Å². The molecular weight excluding hydrogens is 292 g/mol. The molecule has 2 rings (SSSR count). The van der Waals surface area contributed by atoms with Gasteiger partial charge in [-0.25, -0.2) is 8.42 Å². The molecule has 0 fully saturated rings. The van der Waals surface area contributed by atoms with Crippen molar-refractivity contribution in [3.8, 4) is 0 Å². The molecule has 1 aromatic carbocycles. The zero-order valence-corrected chi connectivity index (χ0v) is 12.7. The molecule has 1 amide bonds. The molecule has 1 aromatic heterocycles. The summed E-state index contributed by atoms with van der Waals surface area (Å²) in [7, 11) is -0.382. The third-order valence-electron chi connectivity index (χ3n) is 2.86. The first-order valence-electron chi connectivity index (χ1n) is 6.16. The highest BCUT2D eigenvalue weighted by molar-refractivity contribution is 7.92. The van der Waals surface area contributed by atoms with Crippen LogP contribution in [0.4, 0.5) is 5.69 Å². The van der Waals surface area contributed by atoms with Gasteiger partial charge in [-0.3, -0.25) is 14.6 Å². The topological polar surface area (TPSA) is 95.2 Å². The summed E-state index contributed by atoms with van der Waals surface area (Å²) < 4.78 is 26.8. The largest absolute Gasteiger partial charge is 0.345 e. The van der Waals surface area contributed by atoms with Crippen LogP contribution in [0.2, 0.25) is 0 Å². The Morgan fingerprint density at radius 1 is 1.24 bits per heavy atom. The Bertz CT molecular complexity index is 748. The van der Waals surface area contributed by atoms with Crippen LogP contribution in [0.25, 0.3) is 0 Å². The summed E-state index contributed by atoms with van der Waals surface area (Å²) in [5, 5.41) is 6.27. The van der Waals surface area contributed by atoms with Gasteiger partial charge in [0, 0.05) is 25.3 Å². The predicted molar refractivity (Wildman–Crippen MR) is 78.6 cm³/mol. The van der Waals surface area contributed by atoms with Crippen molar-refractivity contribution >= 4 is 21.6 Å². The lowest BCUT2D eigenvalue weighted by Gasteiger charge is -2.11. The number of H-pyrrole nitrogens is 1. The van der Waals surface area contributed by atoms with Crippen LogP contribution < -0.4 is 4.72 Å². The molecule has 8 heteroatoms. The maximum atomic E-state index is 12.2. The van der Waals surface area contributed by atoms with Crippen molar-refractivity contribution in [3.05, 3.63) is 41.7 Å². The molecule has 0 unspecified atom stereocenters. The molecule has 0 bridgehead atoms. The van der Waals surface area contributed by atoms with Gasteiger partial charge >= 0.3 is 0 Å². The van der Waals surface area contributed by atoms with E-state index in [0.717, 1.165) is 0 Å². The quantitative estimate of drug-likeness (QED) is 0.888. The van der Waals surface area contributed by atoms with E-state index in [1.807, 2.05) is 0 Å². The van der Waals surface area contributed by atoms with E-state index in [4.69, 9.17) is 0 Å². The van der Waals surface area contributed by atoms with Gasteiger partial charge in [-0.05, 0) is 31.2 Å². The number of aromatic nitrogens is 2. The number of aromatic amines is 1. The first kappa shape index (κ1) is 15.0. The summed E-state index contributed by atoms with van der Waals surface area (Å²) in [6, 6.07) is 6.23. The summed E-state index contributed by atoms with van der Waals surface area (Å²) in [5.74, 6) is -0.143. The number of nitrogens with zero attached hydrogens (tertiary/aromatic N) is 2. The molecule has 0 aliphatic heterocycles. The minimum absolute atomic E-state index is 0.0935. The van der Waals surface area contributed by atoms with Crippen LogP contribution >= 0.6 is 0 Å². The molecule has 0 radical (unpaired) electrons. The van der Waals surface area contributed by atoms with Gasteiger partial charge in [0.2, 0.25) is 0 Å². The van der Waals surface area contributed by atoms with Crippen molar-refractivity contribution in [2.24, 2.45) is 0 Å². The number of nitrogens with one attached hydrogen (secondary N) is 2. The highest BCUT2D eigenvalue weighted by atomic mass is 32.2. The molecule has 7 nitrogen and oxygen atoms in total. The van der Waals surface area contributed by atoms with Crippen molar-refractivity contribution < 1.29 is 13.2 Å². The van der Waals surface area contributed by atoms with E-state index in [1.165, 1.54) is 11.1 Å². The summed E-state index contributed by atoms with van der Waals surface area (Å²) in [4.78, 5) is 13.3. The highest BCUT2D eigenvalue weighted by Crippen LogP contribution is 2.18. The van der Waals surface area contributed by atoms with Crippen LogP contribution in [0.1, 0.15) is 16.1 Å². The first-order chi connectivity index (χ1) is 9.81. The van der Waals surface area contributed by atoms with Crippen molar-refractivity contribution in [2.45, 2.75) is 11.8 Å². The van der Waals surface area contributed by atoms with Gasteiger partial charge in [-0.1, -0.05) is 0 Å². The van der Waals surface area contributed by atoms with E-state index in [-0.39, 0.29) is 10.8 Å². The summed E-state index contributed by atoms with van der Waals surface area (Å²) in [6.45, 7) is 1.63. The van der Waals surface area contributed by atoms with E-state index >= 15 is 0 Å². The Balaban J connectivity index is 2.21. The fourth-order valence-corrected chi connectivity index (χ4v) is 2.96. The van der Waals surface area contributed by atoms with Crippen LogP contribution in [-0.4, -0.2) is 43.5 Å². The lowest BCUT2D eigenvalue weighted by atomic mass is 10.2. The van der Waals surface area contributed by atoms with E-state index < -0.39 is 10.0 Å². The highest BCUT2D eigenvalue weighted by Gasteiger charge is 2.18. The number of rotatable bonds is 4. The van der Waals surface area contributed by atoms with Crippen LogP contribution in [-0.2, 0) is 10.0 Å². The Hall–Kier alpha value is -2.35. The van der Waals surface area contributed by atoms with Gasteiger partial charge in [-0.15, -0.1) is 0 Å². The lowest BCUT2D eigenvalue weighted by Crippen LogP contribution is -2.21. The molecule has 0 saturated heterocycles. The summed E-state index contributed by atoms with van der Waals surface area (Å²) in [6.07, 6.45) is 1.25. The van der Waals surface area contributed by atoms with Crippen molar-refractivity contribution in [3.63, 3.8) is 0 Å². The average molecular weight is 308 g/mol. The second-order valence-electron chi connectivity index (χ2n) is 4.74. The zero-order chi connectivity index (χ0) is 15.6. The van der Waals surface area contributed by atoms with Gasteiger partial charge in [0.25, 0.3) is 15.9 Å². The molecule has 0 aliphatic carbocycles. The fraction of sp³-hybridized carbons (Fsp3) is 0.231. The van der Waals surface area contributed by atoms with Gasteiger partial charge in [0.1, 0.15) is 4.90 Å². The SMILES string of the molecule is Cc1[nH]ncc1S(=O)(=O)Nc1ccc(C(=O)N(C)C)cc1. The van der Waals surface area contributed by atoms with Crippen molar-refractivity contribution in [1.82, 2.24) is 15.1 Å². The van der Waals surface area contributed by atoms with Crippen LogP contribution in [0.15, 0.2) is 35.4 Å². The van der Waals surface area contributed by atoms with E-state index in [9.17, 15) is 13.2 Å². The molecule has 0 aliphatic rings. The third kappa shape index (κ3) is 3.22. The minimum Gasteiger partial charge on any atom is -0.345 e. The van der Waals surface area contributed by atoms with Gasteiger partial charge in [-0.2, -0.15) is 5.10 Å². The molecule has 0 saturated carbocycles.